The van der Waals surface area contributed by atoms with Gasteiger partial charge in [0.25, 0.3) is 0 Å². The lowest BCUT2D eigenvalue weighted by molar-refractivity contribution is 0.134. The van der Waals surface area contributed by atoms with Crippen LogP contribution in [0.15, 0.2) is 36.0 Å². The van der Waals surface area contributed by atoms with Crippen LogP contribution in [0.25, 0.3) is 0 Å². The van der Waals surface area contributed by atoms with Gasteiger partial charge in [-0.05, 0) is 13.0 Å². The van der Waals surface area contributed by atoms with Crippen molar-refractivity contribution < 1.29 is 4.74 Å². The molecule has 1 N–H and O–H groups in total. The summed E-state index contributed by atoms with van der Waals surface area (Å²) in [5.74, 6) is 0. The Kier molecular flexibility index (Phi) is 4.53. The molecule has 1 aromatic heterocycles. The molecule has 1 heterocycles. The van der Waals surface area contributed by atoms with Crippen molar-refractivity contribution in [2.45, 2.75) is 20.1 Å². The van der Waals surface area contributed by atoms with Crippen molar-refractivity contribution in [1.29, 1.82) is 0 Å². The summed E-state index contributed by atoms with van der Waals surface area (Å²) in [6, 6.07) is 8.23. The van der Waals surface area contributed by atoms with Crippen LogP contribution >= 0.6 is 11.3 Å². The van der Waals surface area contributed by atoms with Gasteiger partial charge < -0.3 is 10.1 Å². The molecule has 0 saturated heterocycles. The van der Waals surface area contributed by atoms with Gasteiger partial charge in [-0.25, -0.2) is 0 Å². The van der Waals surface area contributed by atoms with E-state index < -0.39 is 0 Å². The van der Waals surface area contributed by atoms with Crippen LogP contribution in [0.3, 0.4) is 0 Å². The smallest absolute Gasteiger partial charge is 0.0794 e. The standard InChI is InChI=1S/C13H16N2OS/c1-2-16-9-11-5-3-4-6-13(11)15-8-12-7-14-10-17-12/h3-7,10,15H,2,8-9H2,1H3. The van der Waals surface area contributed by atoms with Crippen molar-refractivity contribution in [3.63, 3.8) is 0 Å². The number of para-hydroxylation sites is 1. The molecule has 0 atom stereocenters. The first-order valence-electron chi connectivity index (χ1n) is 5.67. The lowest BCUT2D eigenvalue weighted by Crippen LogP contribution is -2.02. The van der Waals surface area contributed by atoms with Gasteiger partial charge >= 0.3 is 0 Å². The highest BCUT2D eigenvalue weighted by Gasteiger charge is 2.01. The number of nitrogens with zero attached hydrogens (tertiary/aromatic N) is 1. The molecular weight excluding hydrogens is 232 g/mol. The first-order chi connectivity index (χ1) is 8.40. The molecule has 0 fully saturated rings. The van der Waals surface area contributed by atoms with Gasteiger partial charge in [0, 0.05) is 28.9 Å². The zero-order valence-corrected chi connectivity index (χ0v) is 10.7. The van der Waals surface area contributed by atoms with E-state index in [9.17, 15) is 0 Å². The molecule has 0 unspecified atom stereocenters. The molecule has 2 rings (SSSR count). The van der Waals surface area contributed by atoms with E-state index in [1.54, 1.807) is 11.3 Å². The first kappa shape index (κ1) is 12.1. The molecule has 0 aliphatic carbocycles. The molecule has 0 radical (unpaired) electrons. The SMILES string of the molecule is CCOCc1ccccc1NCc1cncs1. The fourth-order valence-electron chi connectivity index (χ4n) is 1.54. The van der Waals surface area contributed by atoms with Gasteiger partial charge in [-0.1, -0.05) is 18.2 Å². The molecule has 1 aromatic carbocycles. The number of thiazole rings is 1. The van der Waals surface area contributed by atoms with E-state index in [-0.39, 0.29) is 0 Å². The second-order valence-electron chi connectivity index (χ2n) is 3.62. The molecule has 0 spiro atoms. The van der Waals surface area contributed by atoms with Gasteiger partial charge in [-0.15, -0.1) is 11.3 Å². The topological polar surface area (TPSA) is 34.1 Å². The molecular formula is C13H16N2OS. The third-order valence-electron chi connectivity index (χ3n) is 2.42. The van der Waals surface area contributed by atoms with Crippen LogP contribution in [0.1, 0.15) is 17.4 Å². The van der Waals surface area contributed by atoms with Crippen molar-refractivity contribution in [3.05, 3.63) is 46.4 Å². The van der Waals surface area contributed by atoms with Gasteiger partial charge in [0.2, 0.25) is 0 Å². The molecule has 0 aliphatic heterocycles. The summed E-state index contributed by atoms with van der Waals surface area (Å²) in [6.07, 6.45) is 1.89. The summed E-state index contributed by atoms with van der Waals surface area (Å²) in [7, 11) is 0. The second-order valence-corrected chi connectivity index (χ2v) is 4.59. The highest BCUT2D eigenvalue weighted by atomic mass is 32.1. The maximum atomic E-state index is 5.45. The van der Waals surface area contributed by atoms with Crippen LogP contribution < -0.4 is 5.32 Å². The minimum absolute atomic E-state index is 0.655. The molecule has 2 aromatic rings. The van der Waals surface area contributed by atoms with Crippen molar-refractivity contribution in [1.82, 2.24) is 4.98 Å². The minimum Gasteiger partial charge on any atom is -0.380 e. The van der Waals surface area contributed by atoms with Gasteiger partial charge in [0.15, 0.2) is 0 Å². The number of aromatic nitrogens is 1. The largest absolute Gasteiger partial charge is 0.380 e. The Bertz CT molecular complexity index is 442. The number of rotatable bonds is 6. The van der Waals surface area contributed by atoms with E-state index in [2.05, 4.69) is 22.4 Å². The zero-order chi connectivity index (χ0) is 11.9. The highest BCUT2D eigenvalue weighted by Crippen LogP contribution is 2.17. The third-order valence-corrected chi connectivity index (χ3v) is 3.20. The van der Waals surface area contributed by atoms with E-state index in [4.69, 9.17) is 4.74 Å². The predicted octanol–water partition coefficient (Wildman–Crippen LogP) is 3.29. The Hall–Kier alpha value is -1.39. The Morgan fingerprint density at radius 1 is 1.35 bits per heavy atom. The lowest BCUT2D eigenvalue weighted by atomic mass is 10.2. The summed E-state index contributed by atoms with van der Waals surface area (Å²) in [5.41, 5.74) is 4.18. The maximum Gasteiger partial charge on any atom is 0.0794 e. The van der Waals surface area contributed by atoms with Crippen LogP contribution in [-0.2, 0) is 17.9 Å². The Morgan fingerprint density at radius 2 is 2.24 bits per heavy atom. The zero-order valence-electron chi connectivity index (χ0n) is 9.85. The Labute approximate surface area is 105 Å². The van der Waals surface area contributed by atoms with Crippen LogP contribution in [0.5, 0.6) is 0 Å². The lowest BCUT2D eigenvalue weighted by Gasteiger charge is -2.11. The van der Waals surface area contributed by atoms with Crippen molar-refractivity contribution >= 4 is 17.0 Å². The normalized spacial score (nSPS) is 10.4. The average molecular weight is 248 g/mol. The highest BCUT2D eigenvalue weighted by molar-refractivity contribution is 7.09. The predicted molar refractivity (Wildman–Crippen MR) is 71.2 cm³/mol. The van der Waals surface area contributed by atoms with Gasteiger partial charge in [0.05, 0.1) is 18.7 Å². The van der Waals surface area contributed by atoms with Crippen molar-refractivity contribution in [2.24, 2.45) is 0 Å². The molecule has 3 nitrogen and oxygen atoms in total. The van der Waals surface area contributed by atoms with Gasteiger partial charge in [0.1, 0.15) is 0 Å². The molecule has 90 valence electrons. The van der Waals surface area contributed by atoms with E-state index in [1.807, 2.05) is 30.8 Å². The third kappa shape index (κ3) is 3.54. The number of nitrogens with one attached hydrogen (secondary N) is 1. The first-order valence-corrected chi connectivity index (χ1v) is 6.55. The Morgan fingerprint density at radius 3 is 3.00 bits per heavy atom. The van der Waals surface area contributed by atoms with E-state index in [1.165, 1.54) is 10.4 Å². The molecule has 0 saturated carbocycles. The summed E-state index contributed by atoms with van der Waals surface area (Å²) in [6.45, 7) is 4.21. The van der Waals surface area contributed by atoms with E-state index in [0.29, 0.717) is 6.61 Å². The maximum absolute atomic E-state index is 5.45. The van der Waals surface area contributed by atoms with Crippen molar-refractivity contribution in [2.75, 3.05) is 11.9 Å². The molecule has 0 bridgehead atoms. The second kappa shape index (κ2) is 6.37. The van der Waals surface area contributed by atoms with E-state index >= 15 is 0 Å². The quantitative estimate of drug-likeness (QED) is 0.851. The number of anilines is 1. The number of hydrogen-bond donors (Lipinski definition) is 1. The van der Waals surface area contributed by atoms with Crippen molar-refractivity contribution in [3.8, 4) is 0 Å². The average Bonchev–Trinajstić information content (AvgIpc) is 2.88. The van der Waals surface area contributed by atoms with Gasteiger partial charge in [-0.3, -0.25) is 4.98 Å². The molecule has 17 heavy (non-hydrogen) atoms. The fraction of sp³-hybridized carbons (Fsp3) is 0.308. The van der Waals surface area contributed by atoms with Crippen LogP contribution in [-0.4, -0.2) is 11.6 Å². The number of ether oxygens (including phenoxy) is 1. The molecule has 0 amide bonds. The van der Waals surface area contributed by atoms with Gasteiger partial charge in [-0.2, -0.15) is 0 Å². The monoisotopic (exact) mass is 248 g/mol. The van der Waals surface area contributed by atoms with Crippen LogP contribution in [0, 0.1) is 0 Å². The summed E-state index contributed by atoms with van der Waals surface area (Å²) in [5, 5.41) is 3.41. The summed E-state index contributed by atoms with van der Waals surface area (Å²) >= 11 is 1.66. The molecule has 0 aliphatic rings. The van der Waals surface area contributed by atoms with Crippen LogP contribution in [0.4, 0.5) is 5.69 Å². The van der Waals surface area contributed by atoms with E-state index in [0.717, 1.165) is 18.8 Å². The Balaban J connectivity index is 1.99. The summed E-state index contributed by atoms with van der Waals surface area (Å²) < 4.78 is 5.45. The molecule has 4 heteroatoms. The fourth-order valence-corrected chi connectivity index (χ4v) is 2.08. The number of hydrogen-bond acceptors (Lipinski definition) is 4. The van der Waals surface area contributed by atoms with Crippen LogP contribution in [0.2, 0.25) is 0 Å². The number of benzene rings is 1. The minimum atomic E-state index is 0.655. The summed E-state index contributed by atoms with van der Waals surface area (Å²) in [4.78, 5) is 5.29.